The quantitative estimate of drug-likeness (QED) is 0.710. The van der Waals surface area contributed by atoms with E-state index in [1.807, 2.05) is 13.8 Å². The Labute approximate surface area is 103 Å². The van der Waals surface area contributed by atoms with Crippen LogP contribution in [-0.2, 0) is 9.59 Å². The zero-order valence-electron chi connectivity index (χ0n) is 9.39. The van der Waals surface area contributed by atoms with Gasteiger partial charge in [0.1, 0.15) is 6.04 Å². The average Bonchev–Trinajstić information content (AvgIpc) is 2.58. The number of primary amides is 1. The zero-order chi connectivity index (χ0) is 12.5. The number of carbonyl (C=O) groups is 2. The van der Waals surface area contributed by atoms with Gasteiger partial charge in [0.25, 0.3) is 0 Å². The van der Waals surface area contributed by atoms with Gasteiger partial charge in [-0.05, 0) is 5.92 Å². The van der Waals surface area contributed by atoms with Gasteiger partial charge in [-0.25, -0.2) is 0 Å². The monoisotopic (exact) mass is 292 g/mol. The first kappa shape index (κ1) is 13.4. The fourth-order valence-corrected chi connectivity index (χ4v) is 2.03. The van der Waals surface area contributed by atoms with Gasteiger partial charge >= 0.3 is 0 Å². The highest BCUT2D eigenvalue weighted by atomic mass is 79.9. The summed E-state index contributed by atoms with van der Waals surface area (Å²) in [6, 6.07) is -0.679. The third-order valence-electron chi connectivity index (χ3n) is 2.71. The summed E-state index contributed by atoms with van der Waals surface area (Å²) in [5.41, 5.74) is 5.21. The van der Waals surface area contributed by atoms with Crippen LogP contribution >= 0.6 is 15.9 Å². The first-order valence-electron chi connectivity index (χ1n) is 5.26. The smallest absolute Gasteiger partial charge is 0.240 e. The van der Waals surface area contributed by atoms with Crippen LogP contribution in [-0.4, -0.2) is 45.3 Å². The number of alkyl halides is 1. The molecule has 0 spiro atoms. The van der Waals surface area contributed by atoms with Crippen LogP contribution in [0.25, 0.3) is 0 Å². The summed E-state index contributed by atoms with van der Waals surface area (Å²) in [7, 11) is 0. The second-order valence-electron chi connectivity index (χ2n) is 4.44. The molecule has 1 fully saturated rings. The number of hydrogen-bond acceptors (Lipinski definition) is 3. The lowest BCUT2D eigenvalue weighted by molar-refractivity contribution is -0.137. The Kier molecular flexibility index (Phi) is 4.32. The maximum Gasteiger partial charge on any atom is 0.240 e. The third-order valence-corrected chi connectivity index (χ3v) is 4.16. The number of likely N-dealkylation sites (tertiary alicyclic amines) is 1. The van der Waals surface area contributed by atoms with Crippen molar-refractivity contribution < 1.29 is 14.7 Å². The van der Waals surface area contributed by atoms with Gasteiger partial charge in [0.2, 0.25) is 11.8 Å². The number of β-amino-alcohol motifs (C(OH)–C–C–N with tert-alkyl or cyclic N) is 1. The van der Waals surface area contributed by atoms with Crippen molar-refractivity contribution >= 4 is 27.7 Å². The first-order chi connectivity index (χ1) is 7.34. The number of aliphatic hydroxyl groups is 1. The molecule has 0 saturated carbocycles. The van der Waals surface area contributed by atoms with Gasteiger partial charge in [0.15, 0.2) is 0 Å². The van der Waals surface area contributed by atoms with Gasteiger partial charge < -0.3 is 15.7 Å². The third kappa shape index (κ3) is 2.74. The van der Waals surface area contributed by atoms with Crippen LogP contribution < -0.4 is 5.73 Å². The SMILES string of the molecule is CC(C)C(Br)C(=O)N1CC(O)CC1C(N)=O. The topological polar surface area (TPSA) is 83.6 Å². The van der Waals surface area contributed by atoms with E-state index in [2.05, 4.69) is 15.9 Å². The van der Waals surface area contributed by atoms with E-state index in [9.17, 15) is 14.7 Å². The minimum Gasteiger partial charge on any atom is -0.391 e. The van der Waals surface area contributed by atoms with Crippen LogP contribution in [0, 0.1) is 5.92 Å². The van der Waals surface area contributed by atoms with Crippen molar-refractivity contribution in [2.45, 2.75) is 37.2 Å². The number of nitrogens with zero attached hydrogens (tertiary/aromatic N) is 1. The molecule has 3 unspecified atom stereocenters. The molecule has 1 heterocycles. The Morgan fingerprint density at radius 3 is 2.50 bits per heavy atom. The summed E-state index contributed by atoms with van der Waals surface area (Å²) in [6.07, 6.45) is -0.424. The summed E-state index contributed by atoms with van der Waals surface area (Å²) < 4.78 is 0. The molecule has 0 radical (unpaired) electrons. The first-order valence-corrected chi connectivity index (χ1v) is 6.18. The molecule has 0 aliphatic carbocycles. The van der Waals surface area contributed by atoms with E-state index in [4.69, 9.17) is 5.73 Å². The molecule has 1 rings (SSSR count). The molecule has 0 aromatic heterocycles. The summed E-state index contributed by atoms with van der Waals surface area (Å²) in [6.45, 7) is 3.99. The molecule has 16 heavy (non-hydrogen) atoms. The maximum absolute atomic E-state index is 12.0. The molecule has 1 aliphatic heterocycles. The lowest BCUT2D eigenvalue weighted by atomic mass is 10.1. The fourth-order valence-electron chi connectivity index (χ4n) is 1.77. The molecule has 92 valence electrons. The van der Waals surface area contributed by atoms with E-state index in [1.54, 1.807) is 0 Å². The van der Waals surface area contributed by atoms with Crippen LogP contribution in [0.1, 0.15) is 20.3 Å². The van der Waals surface area contributed by atoms with E-state index in [0.29, 0.717) is 0 Å². The second-order valence-corrected chi connectivity index (χ2v) is 5.43. The van der Waals surface area contributed by atoms with Crippen LogP contribution in [0.3, 0.4) is 0 Å². The lowest BCUT2D eigenvalue weighted by Gasteiger charge is -2.25. The molecular weight excluding hydrogens is 276 g/mol. The highest BCUT2D eigenvalue weighted by Gasteiger charge is 2.40. The average molecular weight is 293 g/mol. The fraction of sp³-hybridized carbons (Fsp3) is 0.800. The highest BCUT2D eigenvalue weighted by molar-refractivity contribution is 9.10. The van der Waals surface area contributed by atoms with E-state index in [0.717, 1.165) is 0 Å². The minimum absolute atomic E-state index is 0.124. The lowest BCUT2D eigenvalue weighted by Crippen LogP contribution is -2.47. The van der Waals surface area contributed by atoms with Crippen molar-refractivity contribution in [1.82, 2.24) is 4.90 Å². The normalized spacial score (nSPS) is 27.2. The minimum atomic E-state index is -0.679. The molecule has 3 atom stereocenters. The molecule has 0 bridgehead atoms. The molecule has 1 aliphatic rings. The van der Waals surface area contributed by atoms with E-state index in [-0.39, 0.29) is 29.6 Å². The van der Waals surface area contributed by atoms with Gasteiger partial charge in [0.05, 0.1) is 10.9 Å². The number of rotatable bonds is 3. The summed E-state index contributed by atoms with van der Waals surface area (Å²) in [5, 5.41) is 9.47. The maximum atomic E-state index is 12.0. The Bertz CT molecular complexity index is 296. The summed E-state index contributed by atoms with van der Waals surface area (Å²) in [5.74, 6) is -0.623. The Hall–Kier alpha value is -0.620. The van der Waals surface area contributed by atoms with Gasteiger partial charge in [-0.3, -0.25) is 9.59 Å². The Morgan fingerprint density at radius 2 is 2.06 bits per heavy atom. The number of hydrogen-bond donors (Lipinski definition) is 2. The highest BCUT2D eigenvalue weighted by Crippen LogP contribution is 2.23. The van der Waals surface area contributed by atoms with E-state index >= 15 is 0 Å². The van der Waals surface area contributed by atoms with Crippen LogP contribution in [0.15, 0.2) is 0 Å². The number of aliphatic hydroxyl groups excluding tert-OH is 1. The largest absolute Gasteiger partial charge is 0.391 e. The van der Waals surface area contributed by atoms with Gasteiger partial charge in [-0.1, -0.05) is 29.8 Å². The van der Waals surface area contributed by atoms with Gasteiger partial charge in [0, 0.05) is 13.0 Å². The molecule has 1 saturated heterocycles. The molecule has 6 heteroatoms. The molecule has 5 nitrogen and oxygen atoms in total. The summed E-state index contributed by atoms with van der Waals surface area (Å²) in [4.78, 5) is 24.2. The standard InChI is InChI=1S/C10H17BrN2O3/c1-5(2)8(11)10(16)13-4-6(14)3-7(13)9(12)15/h5-8,14H,3-4H2,1-2H3,(H2,12,15). The van der Waals surface area contributed by atoms with Crippen molar-refractivity contribution in [3.8, 4) is 0 Å². The zero-order valence-corrected chi connectivity index (χ0v) is 11.0. The van der Waals surface area contributed by atoms with Crippen molar-refractivity contribution in [2.24, 2.45) is 11.7 Å². The molecule has 0 aromatic carbocycles. The molecule has 2 amide bonds. The van der Waals surface area contributed by atoms with Crippen molar-refractivity contribution in [1.29, 1.82) is 0 Å². The predicted molar refractivity (Wildman–Crippen MR) is 62.9 cm³/mol. The number of amides is 2. The van der Waals surface area contributed by atoms with Gasteiger partial charge in [-0.15, -0.1) is 0 Å². The van der Waals surface area contributed by atoms with Crippen LogP contribution in [0.5, 0.6) is 0 Å². The Morgan fingerprint density at radius 1 is 1.50 bits per heavy atom. The molecule has 0 aromatic rings. The van der Waals surface area contributed by atoms with Crippen molar-refractivity contribution in [2.75, 3.05) is 6.54 Å². The predicted octanol–water partition coefficient (Wildman–Crippen LogP) is -0.147. The number of halogens is 1. The van der Waals surface area contributed by atoms with Crippen LogP contribution in [0.4, 0.5) is 0 Å². The molecular formula is C10H17BrN2O3. The molecule has 3 N–H and O–H groups in total. The number of nitrogens with two attached hydrogens (primary N) is 1. The van der Waals surface area contributed by atoms with E-state index < -0.39 is 18.1 Å². The second kappa shape index (κ2) is 5.14. The van der Waals surface area contributed by atoms with Crippen molar-refractivity contribution in [3.05, 3.63) is 0 Å². The number of carbonyl (C=O) groups excluding carboxylic acids is 2. The Balaban J connectivity index is 2.78. The van der Waals surface area contributed by atoms with Crippen molar-refractivity contribution in [3.63, 3.8) is 0 Å². The summed E-state index contributed by atoms with van der Waals surface area (Å²) >= 11 is 3.29. The van der Waals surface area contributed by atoms with E-state index in [1.165, 1.54) is 4.90 Å². The van der Waals surface area contributed by atoms with Gasteiger partial charge in [-0.2, -0.15) is 0 Å². The van der Waals surface area contributed by atoms with Crippen LogP contribution in [0.2, 0.25) is 0 Å².